The molecule has 1 aromatic heterocycles. The Morgan fingerprint density at radius 2 is 2.04 bits per heavy atom. The predicted octanol–water partition coefficient (Wildman–Crippen LogP) is -0.442. The SMILES string of the molecule is CC1(CS(=O)(=O)N2CCC(Oc3ccc(O)cn3)CC2)NC(=O)NC1=O. The molecule has 2 fully saturated rings. The first kappa shape index (κ1) is 18.4. The van der Waals surface area contributed by atoms with Crippen LogP contribution >= 0.6 is 0 Å². The molecule has 11 heteroatoms. The van der Waals surface area contributed by atoms with E-state index in [-0.39, 0.29) is 24.9 Å². The Bertz CT molecular complexity index is 804. The van der Waals surface area contributed by atoms with Crippen molar-refractivity contribution in [1.29, 1.82) is 0 Å². The third kappa shape index (κ3) is 3.88. The van der Waals surface area contributed by atoms with Crippen LogP contribution in [0, 0.1) is 0 Å². The monoisotopic (exact) mass is 384 g/mol. The Balaban J connectivity index is 1.57. The number of imide groups is 1. The van der Waals surface area contributed by atoms with Crippen molar-refractivity contribution in [3.8, 4) is 11.6 Å². The van der Waals surface area contributed by atoms with E-state index in [1.54, 1.807) is 6.07 Å². The lowest BCUT2D eigenvalue weighted by Gasteiger charge is -2.33. The molecule has 0 aliphatic carbocycles. The molecule has 0 spiro atoms. The number of hydrogen-bond acceptors (Lipinski definition) is 7. The zero-order valence-corrected chi connectivity index (χ0v) is 15.0. The number of nitrogens with zero attached hydrogens (tertiary/aromatic N) is 2. The lowest BCUT2D eigenvalue weighted by Crippen LogP contribution is -2.53. The molecule has 3 amide bonds. The van der Waals surface area contributed by atoms with Gasteiger partial charge in [-0.25, -0.2) is 22.5 Å². The van der Waals surface area contributed by atoms with Crippen LogP contribution in [0.15, 0.2) is 18.3 Å². The maximum Gasteiger partial charge on any atom is 0.322 e. The molecule has 10 nitrogen and oxygen atoms in total. The zero-order valence-electron chi connectivity index (χ0n) is 14.1. The number of urea groups is 1. The van der Waals surface area contributed by atoms with E-state index in [1.165, 1.54) is 23.5 Å². The average Bonchev–Trinajstić information content (AvgIpc) is 2.81. The van der Waals surface area contributed by atoms with Gasteiger partial charge in [-0.05, 0) is 25.8 Å². The molecule has 3 heterocycles. The molecule has 26 heavy (non-hydrogen) atoms. The molecule has 3 N–H and O–H groups in total. The van der Waals surface area contributed by atoms with Gasteiger partial charge in [0, 0.05) is 19.2 Å². The average molecular weight is 384 g/mol. The standard InChI is InChI=1S/C15H20N4O6S/c1-15(13(21)17-14(22)18-15)9-26(23,24)19-6-4-11(5-7-19)25-12-3-2-10(20)8-16-12/h2-3,8,11,20H,4-7,9H2,1H3,(H2,17,18,21,22). The van der Waals surface area contributed by atoms with Crippen molar-refractivity contribution in [2.24, 2.45) is 0 Å². The first-order valence-corrected chi connectivity index (χ1v) is 9.72. The Hall–Kier alpha value is -2.40. The number of hydrogen-bond donors (Lipinski definition) is 3. The molecule has 1 aromatic rings. The van der Waals surface area contributed by atoms with E-state index in [2.05, 4.69) is 15.6 Å². The highest BCUT2D eigenvalue weighted by Gasteiger charge is 2.46. The van der Waals surface area contributed by atoms with Gasteiger partial charge in [0.2, 0.25) is 15.9 Å². The highest BCUT2D eigenvalue weighted by molar-refractivity contribution is 7.89. The van der Waals surface area contributed by atoms with Crippen LogP contribution in [-0.2, 0) is 14.8 Å². The number of carbonyl (C=O) groups is 2. The minimum absolute atomic E-state index is 0.0369. The minimum Gasteiger partial charge on any atom is -0.506 e. The molecule has 0 radical (unpaired) electrons. The van der Waals surface area contributed by atoms with E-state index in [1.807, 2.05) is 0 Å². The van der Waals surface area contributed by atoms with E-state index >= 15 is 0 Å². The van der Waals surface area contributed by atoms with Gasteiger partial charge in [0.25, 0.3) is 5.91 Å². The van der Waals surface area contributed by atoms with Gasteiger partial charge in [-0.15, -0.1) is 0 Å². The second-order valence-electron chi connectivity index (χ2n) is 6.57. The highest BCUT2D eigenvalue weighted by Crippen LogP contribution is 2.22. The molecular formula is C15H20N4O6S. The topological polar surface area (TPSA) is 138 Å². The summed E-state index contributed by atoms with van der Waals surface area (Å²) < 4.78 is 32.2. The molecule has 1 atom stereocenters. The van der Waals surface area contributed by atoms with Gasteiger partial charge in [0.1, 0.15) is 17.4 Å². The zero-order chi connectivity index (χ0) is 18.9. The van der Waals surface area contributed by atoms with Crippen molar-refractivity contribution in [2.45, 2.75) is 31.4 Å². The molecule has 142 valence electrons. The fraction of sp³-hybridized carbons (Fsp3) is 0.533. The predicted molar refractivity (Wildman–Crippen MR) is 90.0 cm³/mol. The number of aromatic hydroxyl groups is 1. The maximum absolute atomic E-state index is 12.6. The quantitative estimate of drug-likeness (QED) is 0.585. The van der Waals surface area contributed by atoms with Crippen molar-refractivity contribution in [3.05, 3.63) is 18.3 Å². The molecule has 2 saturated heterocycles. The summed E-state index contributed by atoms with van der Waals surface area (Å²) in [6, 6.07) is 2.31. The fourth-order valence-corrected chi connectivity index (χ4v) is 4.86. The number of nitrogens with one attached hydrogen (secondary N) is 2. The van der Waals surface area contributed by atoms with Crippen LogP contribution < -0.4 is 15.4 Å². The number of aromatic nitrogens is 1. The van der Waals surface area contributed by atoms with Gasteiger partial charge in [-0.2, -0.15) is 0 Å². The summed E-state index contributed by atoms with van der Waals surface area (Å²) in [4.78, 5) is 27.0. The van der Waals surface area contributed by atoms with Crippen LogP contribution in [0.4, 0.5) is 4.79 Å². The van der Waals surface area contributed by atoms with Gasteiger partial charge in [-0.1, -0.05) is 0 Å². The van der Waals surface area contributed by atoms with E-state index in [9.17, 15) is 23.1 Å². The van der Waals surface area contributed by atoms with Crippen LogP contribution in [0.25, 0.3) is 0 Å². The van der Waals surface area contributed by atoms with Gasteiger partial charge in [0.05, 0.1) is 11.9 Å². The molecule has 2 aliphatic heterocycles. The van der Waals surface area contributed by atoms with E-state index in [0.717, 1.165) is 0 Å². The fourth-order valence-electron chi connectivity index (χ4n) is 2.98. The molecule has 0 aromatic carbocycles. The molecule has 1 unspecified atom stereocenters. The minimum atomic E-state index is -3.73. The second-order valence-corrected chi connectivity index (χ2v) is 8.54. The first-order chi connectivity index (χ1) is 12.2. The summed E-state index contributed by atoms with van der Waals surface area (Å²) in [5.74, 6) is -0.748. The Labute approximate surface area is 150 Å². The number of amides is 3. The van der Waals surface area contributed by atoms with Crippen LogP contribution in [-0.4, -0.2) is 65.2 Å². The van der Waals surface area contributed by atoms with Crippen LogP contribution in [0.3, 0.4) is 0 Å². The lowest BCUT2D eigenvalue weighted by atomic mass is 10.1. The van der Waals surface area contributed by atoms with Gasteiger partial charge in [0.15, 0.2) is 0 Å². The molecule has 3 rings (SSSR count). The van der Waals surface area contributed by atoms with Crippen molar-refractivity contribution in [1.82, 2.24) is 19.9 Å². The van der Waals surface area contributed by atoms with Crippen molar-refractivity contribution < 1.29 is 27.9 Å². The molecule has 0 saturated carbocycles. The highest BCUT2D eigenvalue weighted by atomic mass is 32.2. The van der Waals surface area contributed by atoms with Crippen molar-refractivity contribution in [2.75, 3.05) is 18.8 Å². The summed E-state index contributed by atoms with van der Waals surface area (Å²) in [6.45, 7) is 1.88. The summed E-state index contributed by atoms with van der Waals surface area (Å²) in [6.07, 6.45) is 2.02. The van der Waals surface area contributed by atoms with E-state index < -0.39 is 33.3 Å². The number of ether oxygens (including phenoxy) is 1. The van der Waals surface area contributed by atoms with Gasteiger partial charge in [-0.3, -0.25) is 10.1 Å². The summed E-state index contributed by atoms with van der Waals surface area (Å²) >= 11 is 0. The van der Waals surface area contributed by atoms with Crippen molar-refractivity contribution in [3.63, 3.8) is 0 Å². The van der Waals surface area contributed by atoms with Gasteiger partial charge >= 0.3 is 6.03 Å². The summed E-state index contributed by atoms with van der Waals surface area (Å²) in [5, 5.41) is 13.6. The molecule has 2 aliphatic rings. The number of rotatable bonds is 5. The largest absolute Gasteiger partial charge is 0.506 e. The Kier molecular flexibility index (Phi) is 4.76. The molecule has 0 bridgehead atoms. The summed E-state index contributed by atoms with van der Waals surface area (Å²) in [7, 11) is -3.73. The third-order valence-corrected chi connectivity index (χ3v) is 6.49. The summed E-state index contributed by atoms with van der Waals surface area (Å²) in [5.41, 5.74) is -1.47. The van der Waals surface area contributed by atoms with Crippen molar-refractivity contribution >= 4 is 22.0 Å². The van der Waals surface area contributed by atoms with E-state index in [0.29, 0.717) is 18.7 Å². The van der Waals surface area contributed by atoms with Gasteiger partial charge < -0.3 is 15.2 Å². The maximum atomic E-state index is 12.6. The Morgan fingerprint density at radius 3 is 2.58 bits per heavy atom. The normalized spacial score (nSPS) is 25.0. The third-order valence-electron chi connectivity index (χ3n) is 4.39. The molecular weight excluding hydrogens is 364 g/mol. The lowest BCUT2D eigenvalue weighted by molar-refractivity contribution is -0.122. The number of sulfonamides is 1. The number of carbonyl (C=O) groups excluding carboxylic acids is 2. The Morgan fingerprint density at radius 1 is 1.35 bits per heavy atom. The van der Waals surface area contributed by atoms with Crippen LogP contribution in [0.5, 0.6) is 11.6 Å². The number of pyridine rings is 1. The van der Waals surface area contributed by atoms with Crippen LogP contribution in [0.1, 0.15) is 19.8 Å². The van der Waals surface area contributed by atoms with E-state index in [4.69, 9.17) is 4.74 Å². The van der Waals surface area contributed by atoms with Crippen LogP contribution in [0.2, 0.25) is 0 Å². The first-order valence-electron chi connectivity index (χ1n) is 8.11. The number of piperidine rings is 1. The smallest absolute Gasteiger partial charge is 0.322 e. The second kappa shape index (κ2) is 6.72.